The minimum absolute atomic E-state index is 0.0369. The molecule has 118 valence electrons. The molecule has 21 heavy (non-hydrogen) atoms. The van der Waals surface area contributed by atoms with Gasteiger partial charge in [0, 0.05) is 19.2 Å². The third-order valence-electron chi connectivity index (χ3n) is 3.65. The van der Waals surface area contributed by atoms with Gasteiger partial charge in [-0.15, -0.1) is 0 Å². The Morgan fingerprint density at radius 2 is 2.00 bits per heavy atom. The Kier molecular flexibility index (Phi) is 6.85. The third-order valence-corrected chi connectivity index (χ3v) is 3.65. The SMILES string of the molecule is CCC(C)(C)NC(=O)C(C)NCc1cccc(COC)c1. The van der Waals surface area contributed by atoms with E-state index >= 15 is 0 Å². The minimum Gasteiger partial charge on any atom is -0.380 e. The summed E-state index contributed by atoms with van der Waals surface area (Å²) in [4.78, 5) is 12.1. The van der Waals surface area contributed by atoms with Gasteiger partial charge in [-0.2, -0.15) is 0 Å². The van der Waals surface area contributed by atoms with Crippen LogP contribution >= 0.6 is 0 Å². The lowest BCUT2D eigenvalue weighted by atomic mass is 10.0. The average molecular weight is 292 g/mol. The van der Waals surface area contributed by atoms with Crippen LogP contribution in [0.2, 0.25) is 0 Å². The first-order valence-electron chi connectivity index (χ1n) is 7.50. The van der Waals surface area contributed by atoms with E-state index in [2.05, 4.69) is 23.6 Å². The van der Waals surface area contributed by atoms with Crippen LogP contribution in [-0.4, -0.2) is 24.6 Å². The topological polar surface area (TPSA) is 50.4 Å². The van der Waals surface area contributed by atoms with Gasteiger partial charge >= 0.3 is 0 Å². The molecule has 0 radical (unpaired) electrons. The summed E-state index contributed by atoms with van der Waals surface area (Å²) in [7, 11) is 1.69. The van der Waals surface area contributed by atoms with Crippen molar-refractivity contribution in [2.75, 3.05) is 7.11 Å². The maximum Gasteiger partial charge on any atom is 0.237 e. The second kappa shape index (κ2) is 8.15. The summed E-state index contributed by atoms with van der Waals surface area (Å²) in [5, 5.41) is 6.31. The molecule has 0 spiro atoms. The number of hydrogen-bond acceptors (Lipinski definition) is 3. The molecule has 0 saturated carbocycles. The number of carbonyl (C=O) groups excluding carboxylic acids is 1. The first-order valence-corrected chi connectivity index (χ1v) is 7.50. The van der Waals surface area contributed by atoms with Gasteiger partial charge in [0.15, 0.2) is 0 Å². The van der Waals surface area contributed by atoms with E-state index < -0.39 is 0 Å². The Labute approximate surface area is 128 Å². The average Bonchev–Trinajstić information content (AvgIpc) is 2.45. The van der Waals surface area contributed by atoms with Crippen LogP contribution in [0.15, 0.2) is 24.3 Å². The Bertz CT molecular complexity index is 458. The second-order valence-electron chi connectivity index (χ2n) is 6.08. The van der Waals surface area contributed by atoms with Gasteiger partial charge < -0.3 is 15.4 Å². The number of amides is 1. The Morgan fingerprint density at radius 3 is 2.62 bits per heavy atom. The molecule has 1 amide bonds. The molecule has 0 saturated heterocycles. The summed E-state index contributed by atoms with van der Waals surface area (Å²) in [6.45, 7) is 9.30. The number of nitrogens with one attached hydrogen (secondary N) is 2. The van der Waals surface area contributed by atoms with Gasteiger partial charge in [0.2, 0.25) is 5.91 Å². The van der Waals surface area contributed by atoms with E-state index in [1.165, 1.54) is 0 Å². The van der Waals surface area contributed by atoms with Crippen molar-refractivity contribution >= 4 is 5.91 Å². The van der Waals surface area contributed by atoms with Crippen LogP contribution in [0.25, 0.3) is 0 Å². The first-order chi connectivity index (χ1) is 9.88. The lowest BCUT2D eigenvalue weighted by Gasteiger charge is -2.26. The molecule has 0 aliphatic rings. The van der Waals surface area contributed by atoms with E-state index in [0.29, 0.717) is 13.2 Å². The number of benzene rings is 1. The van der Waals surface area contributed by atoms with Crippen molar-refractivity contribution in [3.63, 3.8) is 0 Å². The molecule has 1 aromatic carbocycles. The van der Waals surface area contributed by atoms with Crippen LogP contribution in [0.3, 0.4) is 0 Å². The molecule has 0 heterocycles. The maximum absolute atomic E-state index is 12.1. The molecule has 0 fully saturated rings. The van der Waals surface area contributed by atoms with Crippen LogP contribution in [0.4, 0.5) is 0 Å². The monoisotopic (exact) mass is 292 g/mol. The van der Waals surface area contributed by atoms with Crippen molar-refractivity contribution in [1.29, 1.82) is 0 Å². The zero-order valence-corrected chi connectivity index (χ0v) is 13.8. The lowest BCUT2D eigenvalue weighted by Crippen LogP contribution is -2.50. The van der Waals surface area contributed by atoms with Gasteiger partial charge in [-0.05, 0) is 38.3 Å². The number of methoxy groups -OCH3 is 1. The molecule has 4 heteroatoms. The fourth-order valence-electron chi connectivity index (χ4n) is 1.89. The molecule has 1 atom stereocenters. The highest BCUT2D eigenvalue weighted by atomic mass is 16.5. The molecular weight excluding hydrogens is 264 g/mol. The normalized spacial score (nSPS) is 13.0. The van der Waals surface area contributed by atoms with Gasteiger partial charge in [-0.1, -0.05) is 31.2 Å². The van der Waals surface area contributed by atoms with E-state index in [4.69, 9.17) is 4.74 Å². The number of carbonyl (C=O) groups is 1. The molecular formula is C17H28N2O2. The van der Waals surface area contributed by atoms with Gasteiger partial charge in [0.05, 0.1) is 12.6 Å². The van der Waals surface area contributed by atoms with Gasteiger partial charge in [-0.25, -0.2) is 0 Å². The number of hydrogen-bond donors (Lipinski definition) is 2. The smallest absolute Gasteiger partial charge is 0.237 e. The zero-order chi connectivity index (χ0) is 15.9. The van der Waals surface area contributed by atoms with E-state index in [1.54, 1.807) is 7.11 Å². The Hall–Kier alpha value is -1.39. The van der Waals surface area contributed by atoms with Crippen molar-refractivity contribution in [3.05, 3.63) is 35.4 Å². The number of ether oxygens (including phenoxy) is 1. The predicted octanol–water partition coefficient (Wildman–Crippen LogP) is 2.62. The van der Waals surface area contributed by atoms with E-state index in [1.807, 2.05) is 39.0 Å². The molecule has 0 aliphatic carbocycles. The number of rotatable bonds is 8. The molecule has 0 aromatic heterocycles. The standard InChI is InChI=1S/C17H28N2O2/c1-6-17(3,4)19-16(20)13(2)18-11-14-8-7-9-15(10-14)12-21-5/h7-10,13,18H,6,11-12H2,1-5H3,(H,19,20). The summed E-state index contributed by atoms with van der Waals surface area (Å²) in [5.41, 5.74) is 2.13. The highest BCUT2D eigenvalue weighted by Gasteiger charge is 2.21. The van der Waals surface area contributed by atoms with E-state index in [-0.39, 0.29) is 17.5 Å². The van der Waals surface area contributed by atoms with Crippen molar-refractivity contribution in [2.45, 2.75) is 58.8 Å². The van der Waals surface area contributed by atoms with Gasteiger partial charge in [0.25, 0.3) is 0 Å². The summed E-state index contributed by atoms with van der Waals surface area (Å²) in [5.74, 6) is 0.0369. The predicted molar refractivity (Wildman–Crippen MR) is 86.0 cm³/mol. The fraction of sp³-hybridized carbons (Fsp3) is 0.588. The minimum atomic E-state index is -0.220. The highest BCUT2D eigenvalue weighted by molar-refractivity contribution is 5.81. The van der Waals surface area contributed by atoms with E-state index in [0.717, 1.165) is 17.5 Å². The van der Waals surface area contributed by atoms with Crippen molar-refractivity contribution < 1.29 is 9.53 Å². The van der Waals surface area contributed by atoms with Gasteiger partial charge in [0.1, 0.15) is 0 Å². The highest BCUT2D eigenvalue weighted by Crippen LogP contribution is 2.08. The summed E-state index contributed by atoms with van der Waals surface area (Å²) in [6, 6.07) is 7.97. The molecule has 1 aromatic rings. The maximum atomic E-state index is 12.1. The quantitative estimate of drug-likeness (QED) is 0.774. The summed E-state index contributed by atoms with van der Waals surface area (Å²) >= 11 is 0. The van der Waals surface area contributed by atoms with Crippen LogP contribution in [0, 0.1) is 0 Å². The van der Waals surface area contributed by atoms with E-state index in [9.17, 15) is 4.79 Å². The molecule has 4 nitrogen and oxygen atoms in total. The molecule has 1 unspecified atom stereocenters. The molecule has 0 bridgehead atoms. The molecule has 2 N–H and O–H groups in total. The van der Waals surface area contributed by atoms with Crippen LogP contribution in [0.5, 0.6) is 0 Å². The largest absolute Gasteiger partial charge is 0.380 e. The molecule has 0 aliphatic heterocycles. The third kappa shape index (κ3) is 6.27. The lowest BCUT2D eigenvalue weighted by molar-refractivity contribution is -0.124. The first kappa shape index (κ1) is 17.7. The van der Waals surface area contributed by atoms with Crippen LogP contribution in [-0.2, 0) is 22.7 Å². The van der Waals surface area contributed by atoms with Gasteiger partial charge in [-0.3, -0.25) is 4.79 Å². The second-order valence-corrected chi connectivity index (χ2v) is 6.08. The summed E-state index contributed by atoms with van der Waals surface area (Å²) in [6.07, 6.45) is 0.907. The van der Waals surface area contributed by atoms with Crippen molar-refractivity contribution in [1.82, 2.24) is 10.6 Å². The Balaban J connectivity index is 2.50. The van der Waals surface area contributed by atoms with Crippen molar-refractivity contribution in [2.24, 2.45) is 0 Å². The summed E-state index contributed by atoms with van der Waals surface area (Å²) < 4.78 is 5.13. The fourth-order valence-corrected chi connectivity index (χ4v) is 1.89. The zero-order valence-electron chi connectivity index (χ0n) is 13.8. The Morgan fingerprint density at radius 1 is 1.33 bits per heavy atom. The van der Waals surface area contributed by atoms with Crippen molar-refractivity contribution in [3.8, 4) is 0 Å². The van der Waals surface area contributed by atoms with Crippen LogP contribution in [0.1, 0.15) is 45.2 Å². The van der Waals surface area contributed by atoms with Crippen LogP contribution < -0.4 is 10.6 Å². The molecule has 1 rings (SSSR count).